The van der Waals surface area contributed by atoms with Gasteiger partial charge < -0.3 is 4.74 Å². The molecule has 0 aliphatic heterocycles. The SMILES string of the molecule is ONC=Nc1ccc(OCc2ccncc2)nc1. The summed E-state index contributed by atoms with van der Waals surface area (Å²) in [6, 6.07) is 7.21. The minimum absolute atomic E-state index is 0.441. The van der Waals surface area contributed by atoms with Gasteiger partial charge in [0.25, 0.3) is 0 Å². The first-order chi connectivity index (χ1) is 8.88. The first kappa shape index (κ1) is 12.0. The van der Waals surface area contributed by atoms with Crippen LogP contribution < -0.4 is 10.2 Å². The molecule has 0 spiro atoms. The van der Waals surface area contributed by atoms with E-state index in [2.05, 4.69) is 15.0 Å². The van der Waals surface area contributed by atoms with E-state index in [0.717, 1.165) is 11.9 Å². The van der Waals surface area contributed by atoms with Crippen molar-refractivity contribution in [1.82, 2.24) is 15.4 Å². The molecule has 0 atom stereocenters. The third-order valence-corrected chi connectivity index (χ3v) is 2.13. The fourth-order valence-electron chi connectivity index (χ4n) is 1.27. The summed E-state index contributed by atoms with van der Waals surface area (Å²) in [7, 11) is 0. The Labute approximate surface area is 104 Å². The van der Waals surface area contributed by atoms with Crippen LogP contribution in [-0.2, 0) is 6.61 Å². The van der Waals surface area contributed by atoms with Gasteiger partial charge in [-0.1, -0.05) is 0 Å². The summed E-state index contributed by atoms with van der Waals surface area (Å²) >= 11 is 0. The molecule has 0 amide bonds. The molecule has 0 saturated heterocycles. The Bertz CT molecular complexity index is 499. The van der Waals surface area contributed by atoms with Crippen LogP contribution in [0.4, 0.5) is 5.69 Å². The highest BCUT2D eigenvalue weighted by molar-refractivity contribution is 5.59. The quantitative estimate of drug-likeness (QED) is 0.475. The van der Waals surface area contributed by atoms with Gasteiger partial charge in [-0.05, 0) is 23.8 Å². The zero-order chi connectivity index (χ0) is 12.6. The second kappa shape index (κ2) is 6.31. The molecule has 2 N–H and O–H groups in total. The summed E-state index contributed by atoms with van der Waals surface area (Å²) in [5.41, 5.74) is 3.47. The van der Waals surface area contributed by atoms with E-state index in [-0.39, 0.29) is 0 Å². The van der Waals surface area contributed by atoms with Crippen molar-refractivity contribution in [1.29, 1.82) is 0 Å². The number of ether oxygens (including phenoxy) is 1. The molecule has 0 unspecified atom stereocenters. The molecule has 0 bridgehead atoms. The number of rotatable bonds is 5. The largest absolute Gasteiger partial charge is 0.473 e. The van der Waals surface area contributed by atoms with Crippen molar-refractivity contribution >= 4 is 12.0 Å². The van der Waals surface area contributed by atoms with Crippen LogP contribution in [0.3, 0.4) is 0 Å². The highest BCUT2D eigenvalue weighted by Crippen LogP contribution is 2.14. The molecule has 2 rings (SSSR count). The van der Waals surface area contributed by atoms with E-state index in [0.29, 0.717) is 18.2 Å². The smallest absolute Gasteiger partial charge is 0.213 e. The Morgan fingerprint density at radius 3 is 2.78 bits per heavy atom. The Kier molecular flexibility index (Phi) is 4.21. The van der Waals surface area contributed by atoms with Crippen LogP contribution in [-0.4, -0.2) is 21.5 Å². The molecule has 0 aliphatic carbocycles. The maximum atomic E-state index is 8.34. The van der Waals surface area contributed by atoms with Crippen LogP contribution in [0, 0.1) is 0 Å². The molecule has 18 heavy (non-hydrogen) atoms. The molecule has 6 nitrogen and oxygen atoms in total. The number of aliphatic imine (C=N–C) groups is 1. The van der Waals surface area contributed by atoms with Gasteiger partial charge in [-0.25, -0.2) is 9.98 Å². The van der Waals surface area contributed by atoms with Crippen LogP contribution in [0.2, 0.25) is 0 Å². The van der Waals surface area contributed by atoms with Gasteiger partial charge in [-0.15, -0.1) is 0 Å². The van der Waals surface area contributed by atoms with Crippen LogP contribution in [0.1, 0.15) is 5.56 Å². The van der Waals surface area contributed by atoms with Crippen molar-refractivity contribution < 1.29 is 9.94 Å². The predicted molar refractivity (Wildman–Crippen MR) is 65.9 cm³/mol. The Balaban J connectivity index is 1.92. The topological polar surface area (TPSA) is 79.6 Å². The Morgan fingerprint density at radius 2 is 2.11 bits per heavy atom. The third-order valence-electron chi connectivity index (χ3n) is 2.13. The second-order valence-corrected chi connectivity index (χ2v) is 3.39. The molecule has 0 fully saturated rings. The first-order valence-corrected chi connectivity index (χ1v) is 5.28. The minimum Gasteiger partial charge on any atom is -0.473 e. The van der Waals surface area contributed by atoms with E-state index in [4.69, 9.17) is 9.94 Å². The molecule has 0 radical (unpaired) electrons. The summed E-state index contributed by atoms with van der Waals surface area (Å²) in [5, 5.41) is 8.34. The lowest BCUT2D eigenvalue weighted by Crippen LogP contribution is -2.01. The van der Waals surface area contributed by atoms with Crippen molar-refractivity contribution in [3.8, 4) is 5.88 Å². The van der Waals surface area contributed by atoms with E-state index < -0.39 is 0 Å². The molecular weight excluding hydrogens is 232 g/mol. The molecule has 92 valence electrons. The fourth-order valence-corrected chi connectivity index (χ4v) is 1.27. The Hall–Kier alpha value is -2.47. The van der Waals surface area contributed by atoms with E-state index in [1.807, 2.05) is 17.6 Å². The zero-order valence-corrected chi connectivity index (χ0v) is 9.52. The van der Waals surface area contributed by atoms with Gasteiger partial charge in [0, 0.05) is 18.5 Å². The van der Waals surface area contributed by atoms with E-state index in [1.165, 1.54) is 0 Å². The van der Waals surface area contributed by atoms with Crippen LogP contribution >= 0.6 is 0 Å². The maximum Gasteiger partial charge on any atom is 0.213 e. The minimum atomic E-state index is 0.441. The number of hydrogen-bond donors (Lipinski definition) is 2. The molecule has 2 aromatic rings. The predicted octanol–water partition coefficient (Wildman–Crippen LogP) is 1.69. The van der Waals surface area contributed by atoms with Gasteiger partial charge in [0.1, 0.15) is 12.9 Å². The average molecular weight is 244 g/mol. The first-order valence-electron chi connectivity index (χ1n) is 5.28. The van der Waals surface area contributed by atoms with E-state index in [9.17, 15) is 0 Å². The van der Waals surface area contributed by atoms with Crippen molar-refractivity contribution in [2.75, 3.05) is 0 Å². The average Bonchev–Trinajstić information content (AvgIpc) is 2.45. The van der Waals surface area contributed by atoms with E-state index in [1.54, 1.807) is 30.7 Å². The van der Waals surface area contributed by atoms with Gasteiger partial charge in [-0.3, -0.25) is 15.7 Å². The number of nitrogens with one attached hydrogen (secondary N) is 1. The van der Waals surface area contributed by atoms with Crippen LogP contribution in [0.5, 0.6) is 5.88 Å². The monoisotopic (exact) mass is 244 g/mol. The number of hydrogen-bond acceptors (Lipinski definition) is 5. The number of nitrogens with zero attached hydrogens (tertiary/aromatic N) is 3. The fraction of sp³-hybridized carbons (Fsp3) is 0.0833. The second-order valence-electron chi connectivity index (χ2n) is 3.39. The van der Waals surface area contributed by atoms with Crippen molar-refractivity contribution in [2.45, 2.75) is 6.61 Å². The molecule has 2 aromatic heterocycles. The lowest BCUT2D eigenvalue weighted by atomic mass is 10.3. The lowest BCUT2D eigenvalue weighted by molar-refractivity contribution is 0.240. The highest BCUT2D eigenvalue weighted by Gasteiger charge is 1.97. The van der Waals surface area contributed by atoms with Crippen molar-refractivity contribution in [3.63, 3.8) is 0 Å². The highest BCUT2D eigenvalue weighted by atomic mass is 16.5. The summed E-state index contributed by atoms with van der Waals surface area (Å²) in [6.45, 7) is 0.441. The van der Waals surface area contributed by atoms with Gasteiger partial charge in [0.2, 0.25) is 5.88 Å². The van der Waals surface area contributed by atoms with Gasteiger partial charge in [-0.2, -0.15) is 0 Å². The van der Waals surface area contributed by atoms with Crippen LogP contribution in [0.15, 0.2) is 47.8 Å². The molecule has 0 saturated carbocycles. The van der Waals surface area contributed by atoms with E-state index >= 15 is 0 Å². The zero-order valence-electron chi connectivity index (χ0n) is 9.52. The number of aromatic nitrogens is 2. The number of pyridine rings is 2. The van der Waals surface area contributed by atoms with Gasteiger partial charge >= 0.3 is 0 Å². The van der Waals surface area contributed by atoms with Gasteiger partial charge in [0.15, 0.2) is 0 Å². The molecule has 0 aliphatic rings. The van der Waals surface area contributed by atoms with Gasteiger partial charge in [0.05, 0.1) is 11.9 Å². The maximum absolute atomic E-state index is 8.34. The molecule has 0 aromatic carbocycles. The molecule has 2 heterocycles. The number of hydroxylamine groups is 1. The van der Waals surface area contributed by atoms with Crippen LogP contribution in [0.25, 0.3) is 0 Å². The normalized spacial score (nSPS) is 10.5. The lowest BCUT2D eigenvalue weighted by Gasteiger charge is -2.04. The molecular formula is C12H12N4O2. The summed E-state index contributed by atoms with van der Waals surface area (Å²) in [5.74, 6) is 0.516. The van der Waals surface area contributed by atoms with Crippen molar-refractivity contribution in [2.24, 2.45) is 4.99 Å². The third kappa shape index (κ3) is 3.53. The Morgan fingerprint density at radius 1 is 1.28 bits per heavy atom. The summed E-state index contributed by atoms with van der Waals surface area (Å²) in [6.07, 6.45) is 6.14. The summed E-state index contributed by atoms with van der Waals surface area (Å²) in [4.78, 5) is 11.9. The molecule has 6 heteroatoms. The standard InChI is InChI=1S/C12H12N4O2/c17-16-9-15-11-1-2-12(14-7-11)18-8-10-3-5-13-6-4-10/h1-7,9,17H,8H2,(H,15,16). The van der Waals surface area contributed by atoms with Crippen molar-refractivity contribution in [3.05, 3.63) is 48.4 Å². The summed E-state index contributed by atoms with van der Waals surface area (Å²) < 4.78 is 5.50.